The minimum absolute atomic E-state index is 0. The standard InChI is InChI=1S/2C12H12N3.Ni/c2*1-3-7-14-11(5-1)9-13-10-12-6-2-4-8-15-12;/h2*1-8H,9-10H2;/q2*-1;+2. The van der Waals surface area contributed by atoms with Gasteiger partial charge in [0.2, 0.25) is 0 Å². The predicted octanol–water partition coefficient (Wildman–Crippen LogP) is 5.10. The van der Waals surface area contributed by atoms with Crippen molar-refractivity contribution in [2.75, 3.05) is 0 Å². The fourth-order valence-electron chi connectivity index (χ4n) is 2.54. The molecule has 0 aliphatic heterocycles. The van der Waals surface area contributed by atoms with Crippen molar-refractivity contribution in [3.05, 3.63) is 131 Å². The Morgan fingerprint density at radius 3 is 0.871 bits per heavy atom. The number of rotatable bonds is 8. The first-order valence-corrected chi connectivity index (χ1v) is 9.76. The van der Waals surface area contributed by atoms with E-state index in [1.807, 2.05) is 72.8 Å². The van der Waals surface area contributed by atoms with Gasteiger partial charge in [-0.25, -0.2) is 0 Å². The fourth-order valence-corrected chi connectivity index (χ4v) is 2.54. The molecular formula is C24H24N6Ni. The van der Waals surface area contributed by atoms with Crippen LogP contribution in [-0.4, -0.2) is 19.9 Å². The Labute approximate surface area is 193 Å². The summed E-state index contributed by atoms with van der Waals surface area (Å²) in [5.74, 6) is 0. The Morgan fingerprint density at radius 1 is 0.419 bits per heavy atom. The Morgan fingerprint density at radius 2 is 0.677 bits per heavy atom. The smallest absolute Gasteiger partial charge is 0.652 e. The van der Waals surface area contributed by atoms with Crippen LogP contribution in [0.3, 0.4) is 0 Å². The molecule has 0 saturated carbocycles. The van der Waals surface area contributed by atoms with Crippen LogP contribution in [-0.2, 0) is 42.7 Å². The van der Waals surface area contributed by atoms with E-state index in [0.29, 0.717) is 26.2 Å². The monoisotopic (exact) mass is 454 g/mol. The van der Waals surface area contributed by atoms with E-state index in [4.69, 9.17) is 0 Å². The molecule has 0 N–H and O–H groups in total. The SMILES string of the molecule is [Ni+2].c1ccc(C[N-]Cc2ccccn2)nc1.c1ccc(C[N-]Cc2ccccn2)nc1. The van der Waals surface area contributed by atoms with Gasteiger partial charge in [-0.2, -0.15) is 0 Å². The van der Waals surface area contributed by atoms with Gasteiger partial charge in [0.25, 0.3) is 0 Å². The van der Waals surface area contributed by atoms with E-state index in [1.54, 1.807) is 24.8 Å². The first-order valence-electron chi connectivity index (χ1n) is 9.76. The van der Waals surface area contributed by atoms with Gasteiger partial charge in [-0.05, 0) is 48.5 Å². The number of hydrogen-bond donors (Lipinski definition) is 0. The van der Waals surface area contributed by atoms with Crippen molar-refractivity contribution >= 4 is 0 Å². The molecule has 160 valence electrons. The molecule has 0 aromatic carbocycles. The third kappa shape index (κ3) is 10.0. The molecule has 0 atom stereocenters. The maximum absolute atomic E-state index is 4.39. The van der Waals surface area contributed by atoms with Gasteiger partial charge in [-0.3, -0.25) is 19.9 Å². The Hall–Kier alpha value is -2.99. The summed E-state index contributed by atoms with van der Waals surface area (Å²) in [5, 5.41) is 8.77. The van der Waals surface area contributed by atoms with Gasteiger partial charge >= 0.3 is 16.5 Å². The zero-order chi connectivity index (χ0) is 20.7. The summed E-state index contributed by atoms with van der Waals surface area (Å²) < 4.78 is 0. The Kier molecular flexibility index (Phi) is 11.7. The molecule has 4 heterocycles. The third-order valence-electron chi connectivity index (χ3n) is 4.00. The van der Waals surface area contributed by atoms with Crippen molar-refractivity contribution in [2.24, 2.45) is 0 Å². The second-order valence-corrected chi connectivity index (χ2v) is 6.36. The summed E-state index contributed by atoms with van der Waals surface area (Å²) in [5.41, 5.74) is 3.98. The van der Waals surface area contributed by atoms with Crippen LogP contribution in [0.1, 0.15) is 22.8 Å². The van der Waals surface area contributed by atoms with E-state index < -0.39 is 0 Å². The molecule has 6 nitrogen and oxygen atoms in total. The number of pyridine rings is 4. The largest absolute Gasteiger partial charge is 2.00 e. The van der Waals surface area contributed by atoms with Gasteiger partial charge in [0.05, 0.1) is 0 Å². The maximum Gasteiger partial charge on any atom is 2.00 e. The number of nitrogens with zero attached hydrogens (tertiary/aromatic N) is 6. The van der Waals surface area contributed by atoms with Crippen molar-refractivity contribution in [1.29, 1.82) is 0 Å². The summed E-state index contributed by atoms with van der Waals surface area (Å²) in [6.45, 7) is 2.60. The molecule has 0 bridgehead atoms. The minimum Gasteiger partial charge on any atom is -0.652 e. The van der Waals surface area contributed by atoms with Crippen molar-refractivity contribution in [2.45, 2.75) is 26.2 Å². The average molecular weight is 455 g/mol. The summed E-state index contributed by atoms with van der Waals surface area (Å²) in [4.78, 5) is 16.8. The predicted molar refractivity (Wildman–Crippen MR) is 118 cm³/mol. The Balaban J connectivity index is 0.000000213. The van der Waals surface area contributed by atoms with Crippen LogP contribution in [0.5, 0.6) is 0 Å². The van der Waals surface area contributed by atoms with E-state index in [-0.39, 0.29) is 16.5 Å². The summed E-state index contributed by atoms with van der Waals surface area (Å²) in [6, 6.07) is 23.4. The van der Waals surface area contributed by atoms with E-state index in [0.717, 1.165) is 22.8 Å². The Bertz CT molecular complexity index is 781. The molecule has 4 rings (SSSR count). The minimum atomic E-state index is 0. The van der Waals surface area contributed by atoms with Gasteiger partial charge in [0, 0.05) is 47.6 Å². The van der Waals surface area contributed by atoms with Gasteiger partial charge in [-0.15, -0.1) is 26.2 Å². The number of hydrogen-bond acceptors (Lipinski definition) is 4. The molecule has 4 aromatic rings. The van der Waals surface area contributed by atoms with Gasteiger partial charge < -0.3 is 10.6 Å². The molecule has 0 spiro atoms. The second kappa shape index (κ2) is 14.9. The molecule has 4 aromatic heterocycles. The van der Waals surface area contributed by atoms with Crippen LogP contribution in [0.25, 0.3) is 10.6 Å². The van der Waals surface area contributed by atoms with Crippen molar-refractivity contribution < 1.29 is 16.5 Å². The molecule has 7 heteroatoms. The summed E-state index contributed by atoms with van der Waals surface area (Å²) in [6.07, 6.45) is 7.13. The molecule has 0 fully saturated rings. The van der Waals surface area contributed by atoms with Gasteiger partial charge in [0.1, 0.15) is 0 Å². The van der Waals surface area contributed by atoms with Crippen molar-refractivity contribution in [3.63, 3.8) is 0 Å². The topological polar surface area (TPSA) is 79.8 Å². The molecule has 0 aliphatic rings. The van der Waals surface area contributed by atoms with Crippen LogP contribution in [0, 0.1) is 0 Å². The molecule has 0 amide bonds. The maximum atomic E-state index is 4.39. The normalized spacial score (nSPS) is 9.81. The van der Waals surface area contributed by atoms with Crippen LogP contribution in [0.4, 0.5) is 0 Å². The van der Waals surface area contributed by atoms with Crippen LogP contribution in [0.2, 0.25) is 0 Å². The van der Waals surface area contributed by atoms with E-state index >= 15 is 0 Å². The molecule has 31 heavy (non-hydrogen) atoms. The molecule has 0 radical (unpaired) electrons. The molecule has 0 aliphatic carbocycles. The zero-order valence-corrected chi connectivity index (χ0v) is 18.1. The molecule has 0 saturated heterocycles. The van der Waals surface area contributed by atoms with Crippen molar-refractivity contribution in [1.82, 2.24) is 19.9 Å². The van der Waals surface area contributed by atoms with Crippen LogP contribution >= 0.6 is 0 Å². The van der Waals surface area contributed by atoms with Crippen LogP contribution < -0.4 is 0 Å². The first-order chi connectivity index (χ1) is 14.9. The number of aromatic nitrogens is 4. The van der Waals surface area contributed by atoms with Crippen LogP contribution in [0.15, 0.2) is 97.6 Å². The fraction of sp³-hybridized carbons (Fsp3) is 0.167. The quantitative estimate of drug-likeness (QED) is 0.347. The zero-order valence-electron chi connectivity index (χ0n) is 17.1. The van der Waals surface area contributed by atoms with E-state index in [2.05, 4.69) is 30.6 Å². The molecule has 0 unspecified atom stereocenters. The van der Waals surface area contributed by atoms with Gasteiger partial charge in [0.15, 0.2) is 0 Å². The van der Waals surface area contributed by atoms with E-state index in [9.17, 15) is 0 Å². The molecular weight excluding hydrogens is 431 g/mol. The summed E-state index contributed by atoms with van der Waals surface area (Å²) in [7, 11) is 0. The second-order valence-electron chi connectivity index (χ2n) is 6.36. The average Bonchev–Trinajstić information content (AvgIpc) is 2.82. The van der Waals surface area contributed by atoms with Gasteiger partial charge in [-0.1, -0.05) is 24.3 Å². The summed E-state index contributed by atoms with van der Waals surface area (Å²) >= 11 is 0. The van der Waals surface area contributed by atoms with Crippen molar-refractivity contribution in [3.8, 4) is 0 Å². The third-order valence-corrected chi connectivity index (χ3v) is 4.00. The first kappa shape index (κ1) is 24.3. The van der Waals surface area contributed by atoms with E-state index in [1.165, 1.54) is 0 Å².